The fourth-order valence-electron chi connectivity index (χ4n) is 2.82. The van der Waals surface area contributed by atoms with Crippen LogP contribution in [0.5, 0.6) is 0 Å². The summed E-state index contributed by atoms with van der Waals surface area (Å²) < 4.78 is 0. The molecular weight excluding hydrogens is 219 g/mol. The van der Waals surface area contributed by atoms with Crippen LogP contribution < -0.4 is 0 Å². The van der Waals surface area contributed by atoms with Gasteiger partial charge in [0.15, 0.2) is 0 Å². The highest BCUT2D eigenvalue weighted by Crippen LogP contribution is 2.12. The first-order chi connectivity index (χ1) is 8.74. The van der Waals surface area contributed by atoms with Gasteiger partial charge in [-0.3, -0.25) is 0 Å². The molecule has 0 aromatic rings. The molecule has 0 aromatic heterocycles. The zero-order valence-corrected chi connectivity index (χ0v) is 13.5. The van der Waals surface area contributed by atoms with Crippen LogP contribution in [0.3, 0.4) is 0 Å². The van der Waals surface area contributed by atoms with Crippen molar-refractivity contribution in [3.8, 4) is 0 Å². The molecule has 2 nitrogen and oxygen atoms in total. The first-order valence-corrected chi connectivity index (χ1v) is 8.23. The van der Waals surface area contributed by atoms with Crippen LogP contribution in [0.15, 0.2) is 0 Å². The number of nitrogens with zero attached hydrogens (tertiary/aromatic N) is 2. The third kappa shape index (κ3) is 6.79. The second-order valence-corrected chi connectivity index (χ2v) is 5.34. The Morgan fingerprint density at radius 1 is 0.556 bits per heavy atom. The van der Waals surface area contributed by atoms with Crippen molar-refractivity contribution in [3.63, 3.8) is 0 Å². The van der Waals surface area contributed by atoms with Crippen molar-refractivity contribution in [3.05, 3.63) is 0 Å². The molecule has 0 aliphatic carbocycles. The molecule has 0 aromatic carbocycles. The maximum Gasteiger partial charge on any atom is 0.310 e. The van der Waals surface area contributed by atoms with Gasteiger partial charge in [0.25, 0.3) is 0 Å². The van der Waals surface area contributed by atoms with Crippen molar-refractivity contribution >= 4 is 6.98 Å². The van der Waals surface area contributed by atoms with E-state index in [9.17, 15) is 0 Å². The van der Waals surface area contributed by atoms with Crippen molar-refractivity contribution in [1.82, 2.24) is 9.62 Å². The molecule has 0 rings (SSSR count). The van der Waals surface area contributed by atoms with Crippen LogP contribution in [-0.2, 0) is 0 Å². The predicted octanol–water partition coefficient (Wildman–Crippen LogP) is 4.13. The van der Waals surface area contributed by atoms with E-state index in [1.807, 2.05) is 0 Å². The predicted molar refractivity (Wildman–Crippen MR) is 85.2 cm³/mol. The van der Waals surface area contributed by atoms with Crippen molar-refractivity contribution in [1.29, 1.82) is 0 Å². The number of hydrogen-bond donors (Lipinski definition) is 0. The lowest BCUT2D eigenvalue weighted by molar-refractivity contribution is 0.336. The molecule has 0 radical (unpaired) electrons. The smallest absolute Gasteiger partial charge is 0.310 e. The van der Waals surface area contributed by atoms with Crippen LogP contribution in [0.1, 0.15) is 66.7 Å². The summed E-state index contributed by atoms with van der Waals surface area (Å²) >= 11 is 0. The highest BCUT2D eigenvalue weighted by Gasteiger charge is 2.27. The molecule has 0 aliphatic rings. The standard InChI is InChI=1S/C15H35BN2/c1-6-11-16(17(12-7-2)13-8-3)18(14-9-4)15-10-5/h6-15H2,1-5H3. The van der Waals surface area contributed by atoms with Crippen LogP contribution in [0.25, 0.3) is 0 Å². The molecule has 0 saturated carbocycles. The average Bonchev–Trinajstić information content (AvgIpc) is 2.36. The third-order valence-corrected chi connectivity index (χ3v) is 3.43. The Kier molecular flexibility index (Phi) is 12.0. The molecule has 0 aliphatic heterocycles. The Balaban J connectivity index is 4.69. The lowest BCUT2D eigenvalue weighted by Crippen LogP contribution is -2.53. The highest BCUT2D eigenvalue weighted by molar-refractivity contribution is 6.52. The Morgan fingerprint density at radius 3 is 1.11 bits per heavy atom. The van der Waals surface area contributed by atoms with Gasteiger partial charge in [-0.05, 0) is 58.2 Å². The minimum atomic E-state index is 0.676. The molecule has 3 heteroatoms. The first kappa shape index (κ1) is 18.0. The minimum absolute atomic E-state index is 0.676. The van der Waals surface area contributed by atoms with Crippen molar-refractivity contribution in [2.75, 3.05) is 26.2 Å². The van der Waals surface area contributed by atoms with Gasteiger partial charge in [0, 0.05) is 0 Å². The minimum Gasteiger partial charge on any atom is -0.328 e. The summed E-state index contributed by atoms with van der Waals surface area (Å²) in [6.07, 6.45) is 7.69. The molecule has 0 unspecified atom stereocenters. The fraction of sp³-hybridized carbons (Fsp3) is 1.00. The van der Waals surface area contributed by atoms with Crippen molar-refractivity contribution in [2.24, 2.45) is 0 Å². The van der Waals surface area contributed by atoms with Crippen molar-refractivity contribution < 1.29 is 0 Å². The van der Waals surface area contributed by atoms with Gasteiger partial charge in [0.1, 0.15) is 0 Å². The molecule has 0 bridgehead atoms. The molecule has 0 amide bonds. The molecule has 0 atom stereocenters. The van der Waals surface area contributed by atoms with Crippen molar-refractivity contribution in [2.45, 2.75) is 73.0 Å². The quantitative estimate of drug-likeness (QED) is 0.483. The molecule has 0 heterocycles. The molecule has 0 spiro atoms. The van der Waals surface area contributed by atoms with Gasteiger partial charge in [-0.2, -0.15) is 0 Å². The average molecular weight is 254 g/mol. The van der Waals surface area contributed by atoms with Gasteiger partial charge in [0.2, 0.25) is 0 Å². The summed E-state index contributed by atoms with van der Waals surface area (Å²) in [6, 6.07) is 0. The van der Waals surface area contributed by atoms with Crippen LogP contribution in [0.2, 0.25) is 6.32 Å². The zero-order valence-electron chi connectivity index (χ0n) is 13.5. The summed E-state index contributed by atoms with van der Waals surface area (Å²) in [4.78, 5) is 5.43. The van der Waals surface area contributed by atoms with E-state index in [2.05, 4.69) is 44.2 Å². The van der Waals surface area contributed by atoms with E-state index >= 15 is 0 Å². The lowest BCUT2D eigenvalue weighted by atomic mass is 9.66. The molecule has 18 heavy (non-hydrogen) atoms. The summed E-state index contributed by atoms with van der Waals surface area (Å²) in [5.41, 5.74) is 0. The van der Waals surface area contributed by atoms with Crippen LogP contribution in [-0.4, -0.2) is 42.8 Å². The topological polar surface area (TPSA) is 6.48 Å². The molecular formula is C15H35BN2. The SMILES string of the molecule is CCCB(N(CCC)CCC)N(CCC)CCC. The highest BCUT2D eigenvalue weighted by atomic mass is 15.2. The summed E-state index contributed by atoms with van der Waals surface area (Å²) in [5.74, 6) is 0. The normalized spacial score (nSPS) is 11.5. The van der Waals surface area contributed by atoms with Crippen LogP contribution in [0, 0.1) is 0 Å². The van der Waals surface area contributed by atoms with Gasteiger partial charge < -0.3 is 9.62 Å². The van der Waals surface area contributed by atoms with E-state index in [1.54, 1.807) is 0 Å². The first-order valence-electron chi connectivity index (χ1n) is 8.23. The lowest BCUT2D eigenvalue weighted by Gasteiger charge is -2.37. The zero-order chi connectivity index (χ0) is 13.8. The number of rotatable bonds is 12. The fourth-order valence-corrected chi connectivity index (χ4v) is 2.82. The monoisotopic (exact) mass is 254 g/mol. The molecule has 0 N–H and O–H groups in total. The van der Waals surface area contributed by atoms with E-state index in [-0.39, 0.29) is 0 Å². The second-order valence-electron chi connectivity index (χ2n) is 5.34. The Morgan fingerprint density at radius 2 is 0.889 bits per heavy atom. The van der Waals surface area contributed by atoms with Crippen LogP contribution in [0.4, 0.5) is 0 Å². The van der Waals surface area contributed by atoms with Gasteiger partial charge >= 0.3 is 6.98 Å². The Bertz CT molecular complexity index is 148. The van der Waals surface area contributed by atoms with E-state index < -0.39 is 0 Å². The molecule has 0 saturated heterocycles. The van der Waals surface area contributed by atoms with E-state index in [0.717, 1.165) is 0 Å². The molecule has 0 fully saturated rings. The number of hydrogen-bond acceptors (Lipinski definition) is 2. The van der Waals surface area contributed by atoms with E-state index in [1.165, 1.54) is 64.6 Å². The van der Waals surface area contributed by atoms with Gasteiger partial charge in [-0.15, -0.1) is 0 Å². The third-order valence-electron chi connectivity index (χ3n) is 3.43. The second kappa shape index (κ2) is 12.0. The van der Waals surface area contributed by atoms with E-state index in [4.69, 9.17) is 0 Å². The molecule has 108 valence electrons. The van der Waals surface area contributed by atoms with Gasteiger partial charge in [-0.1, -0.05) is 41.0 Å². The summed E-state index contributed by atoms with van der Waals surface area (Å²) in [6.45, 7) is 17.2. The maximum absolute atomic E-state index is 2.72. The maximum atomic E-state index is 2.72. The van der Waals surface area contributed by atoms with E-state index in [0.29, 0.717) is 6.98 Å². The largest absolute Gasteiger partial charge is 0.328 e. The Hall–Kier alpha value is -0.0151. The van der Waals surface area contributed by atoms with Gasteiger partial charge in [-0.25, -0.2) is 0 Å². The summed E-state index contributed by atoms with van der Waals surface area (Å²) in [7, 11) is 0. The summed E-state index contributed by atoms with van der Waals surface area (Å²) in [5, 5.41) is 0. The van der Waals surface area contributed by atoms with Crippen LogP contribution >= 0.6 is 0 Å². The van der Waals surface area contributed by atoms with Gasteiger partial charge in [0.05, 0.1) is 0 Å². The Labute approximate surface area is 116 Å².